The van der Waals surface area contributed by atoms with Crippen molar-refractivity contribution in [3.63, 3.8) is 0 Å². The van der Waals surface area contributed by atoms with Gasteiger partial charge in [0, 0.05) is 48.0 Å². The van der Waals surface area contributed by atoms with Gasteiger partial charge in [-0.25, -0.2) is 0 Å². The summed E-state index contributed by atoms with van der Waals surface area (Å²) in [5.74, 6) is 0. The fourth-order valence-corrected chi connectivity index (χ4v) is 8.43. The van der Waals surface area contributed by atoms with Gasteiger partial charge in [0.15, 0.2) is 0 Å². The number of thiophene rings is 1. The van der Waals surface area contributed by atoms with Crippen molar-refractivity contribution >= 4 is 81.3 Å². The molecule has 2 aromatic heterocycles. The van der Waals surface area contributed by atoms with Crippen LogP contribution in [0, 0.1) is 0 Å². The maximum Gasteiger partial charge on any atom is 0.136 e. The molecule has 0 aliphatic rings. The van der Waals surface area contributed by atoms with Gasteiger partial charge in [-0.2, -0.15) is 0 Å². The van der Waals surface area contributed by atoms with Crippen LogP contribution < -0.4 is 4.90 Å². The number of anilines is 3. The first-order valence-electron chi connectivity index (χ1n) is 16.6. The van der Waals surface area contributed by atoms with E-state index < -0.39 is 0 Å². The van der Waals surface area contributed by atoms with E-state index in [0.717, 1.165) is 39.0 Å². The molecule has 0 N–H and O–H groups in total. The van der Waals surface area contributed by atoms with Gasteiger partial charge < -0.3 is 9.32 Å². The Morgan fingerprint density at radius 3 is 1.98 bits per heavy atom. The fraction of sp³-hybridized carbons (Fsp3) is 0. The van der Waals surface area contributed by atoms with Crippen molar-refractivity contribution in [2.75, 3.05) is 4.90 Å². The van der Waals surface area contributed by atoms with E-state index in [2.05, 4.69) is 169 Å². The second-order valence-electron chi connectivity index (χ2n) is 12.6. The fourth-order valence-electron chi connectivity index (χ4n) is 7.29. The van der Waals surface area contributed by atoms with Gasteiger partial charge >= 0.3 is 0 Å². The van der Waals surface area contributed by atoms with E-state index in [1.54, 1.807) is 0 Å². The molecule has 0 aliphatic heterocycles. The van der Waals surface area contributed by atoms with Crippen LogP contribution in [0.15, 0.2) is 180 Å². The van der Waals surface area contributed by atoms with Gasteiger partial charge in [-0.05, 0) is 93.7 Å². The molecule has 0 saturated carbocycles. The lowest BCUT2D eigenvalue weighted by atomic mass is 9.96. The molecule has 0 aliphatic carbocycles. The van der Waals surface area contributed by atoms with Crippen molar-refractivity contribution in [3.8, 4) is 22.3 Å². The van der Waals surface area contributed by atoms with E-state index >= 15 is 0 Å². The summed E-state index contributed by atoms with van der Waals surface area (Å²) in [6.07, 6.45) is 0. The molecule has 8 aromatic carbocycles. The Bertz CT molecular complexity index is 2830. The summed E-state index contributed by atoms with van der Waals surface area (Å²) in [5.41, 5.74) is 9.99. The molecule has 0 fully saturated rings. The standard InChI is InChI=1S/C46H29NOS/c1-2-10-30(11-3-1)32-12-8-14-35(26-32)47(36-24-25-40-39-16-5-7-19-45(39)49-46(40)28-36)34-22-20-31(21-23-34)37-17-9-13-33-27-44-42(29-41(33)37)38-15-4-6-18-43(38)48-44/h1-29H. The molecular weight excluding hydrogens is 615 g/mol. The van der Waals surface area contributed by atoms with E-state index in [4.69, 9.17) is 4.42 Å². The maximum atomic E-state index is 6.21. The minimum atomic E-state index is 0.920. The lowest BCUT2D eigenvalue weighted by molar-refractivity contribution is 0.669. The Morgan fingerprint density at radius 1 is 0.367 bits per heavy atom. The molecule has 0 saturated heterocycles. The van der Waals surface area contributed by atoms with E-state index in [1.807, 2.05) is 23.5 Å². The monoisotopic (exact) mass is 643 g/mol. The third-order valence-electron chi connectivity index (χ3n) is 9.65. The molecule has 0 atom stereocenters. The van der Waals surface area contributed by atoms with Crippen LogP contribution >= 0.6 is 11.3 Å². The van der Waals surface area contributed by atoms with Crippen LogP contribution in [0.2, 0.25) is 0 Å². The van der Waals surface area contributed by atoms with Crippen molar-refractivity contribution in [2.45, 2.75) is 0 Å². The summed E-state index contributed by atoms with van der Waals surface area (Å²) >= 11 is 1.85. The summed E-state index contributed by atoms with van der Waals surface area (Å²) in [6, 6.07) is 63.3. The molecule has 0 bridgehead atoms. The lowest BCUT2D eigenvalue weighted by Crippen LogP contribution is -2.09. The Morgan fingerprint density at radius 2 is 1.08 bits per heavy atom. The smallest absolute Gasteiger partial charge is 0.136 e. The SMILES string of the molecule is c1ccc(-c2cccc(N(c3ccc(-c4cccc5cc6oc7ccccc7c6cc45)cc3)c3ccc4c(c3)sc3ccccc34)c2)cc1. The zero-order valence-electron chi connectivity index (χ0n) is 26.5. The number of hydrogen-bond donors (Lipinski definition) is 0. The van der Waals surface area contributed by atoms with Crippen LogP contribution in [-0.4, -0.2) is 0 Å². The summed E-state index contributed by atoms with van der Waals surface area (Å²) in [5, 5.41) is 7.29. The normalized spacial score (nSPS) is 11.7. The first kappa shape index (κ1) is 27.9. The molecule has 49 heavy (non-hydrogen) atoms. The van der Waals surface area contributed by atoms with Crippen molar-refractivity contribution in [3.05, 3.63) is 176 Å². The lowest BCUT2D eigenvalue weighted by Gasteiger charge is -2.26. The van der Waals surface area contributed by atoms with E-state index in [0.29, 0.717) is 0 Å². The molecule has 0 spiro atoms. The average molecular weight is 644 g/mol. The quantitative estimate of drug-likeness (QED) is 0.186. The molecule has 0 radical (unpaired) electrons. The van der Waals surface area contributed by atoms with Gasteiger partial charge in [-0.15, -0.1) is 11.3 Å². The number of fused-ring (bicyclic) bond motifs is 7. The predicted octanol–water partition coefficient (Wildman–Crippen LogP) is 13.9. The third-order valence-corrected chi connectivity index (χ3v) is 10.8. The highest BCUT2D eigenvalue weighted by molar-refractivity contribution is 7.25. The van der Waals surface area contributed by atoms with Crippen molar-refractivity contribution in [2.24, 2.45) is 0 Å². The second kappa shape index (κ2) is 11.2. The van der Waals surface area contributed by atoms with Gasteiger partial charge in [0.2, 0.25) is 0 Å². The Hall–Kier alpha value is -6.16. The van der Waals surface area contributed by atoms with E-state index in [9.17, 15) is 0 Å². The minimum Gasteiger partial charge on any atom is -0.456 e. The summed E-state index contributed by atoms with van der Waals surface area (Å²) < 4.78 is 8.81. The van der Waals surface area contributed by atoms with Crippen LogP contribution in [0.25, 0.3) is 75.1 Å². The largest absolute Gasteiger partial charge is 0.456 e. The van der Waals surface area contributed by atoms with Crippen LogP contribution in [-0.2, 0) is 0 Å². The van der Waals surface area contributed by atoms with Crippen molar-refractivity contribution in [1.82, 2.24) is 0 Å². The van der Waals surface area contributed by atoms with Crippen LogP contribution in [0.5, 0.6) is 0 Å². The van der Waals surface area contributed by atoms with Gasteiger partial charge in [-0.1, -0.05) is 115 Å². The molecule has 0 amide bonds. The summed E-state index contributed by atoms with van der Waals surface area (Å²) in [7, 11) is 0. The Labute approximate surface area is 287 Å². The molecule has 2 nitrogen and oxygen atoms in total. The first-order valence-corrected chi connectivity index (χ1v) is 17.4. The molecule has 2 heterocycles. The van der Waals surface area contributed by atoms with Crippen LogP contribution in [0.4, 0.5) is 17.1 Å². The highest BCUT2D eigenvalue weighted by Crippen LogP contribution is 2.42. The van der Waals surface area contributed by atoms with Gasteiger partial charge in [0.05, 0.1) is 0 Å². The zero-order valence-corrected chi connectivity index (χ0v) is 27.3. The Balaban J connectivity index is 1.11. The second-order valence-corrected chi connectivity index (χ2v) is 13.6. The molecular formula is C46H29NOS. The number of furan rings is 1. The molecule has 10 rings (SSSR count). The average Bonchev–Trinajstić information content (AvgIpc) is 3.72. The van der Waals surface area contributed by atoms with Crippen molar-refractivity contribution in [1.29, 1.82) is 0 Å². The molecule has 10 aromatic rings. The number of hydrogen-bond acceptors (Lipinski definition) is 3. The number of rotatable bonds is 5. The topological polar surface area (TPSA) is 16.4 Å². The van der Waals surface area contributed by atoms with Crippen molar-refractivity contribution < 1.29 is 4.42 Å². The summed E-state index contributed by atoms with van der Waals surface area (Å²) in [6.45, 7) is 0. The minimum absolute atomic E-state index is 0.920. The van der Waals surface area contributed by atoms with Gasteiger partial charge in [-0.3, -0.25) is 0 Å². The Kier molecular flexibility index (Phi) is 6.39. The number of benzene rings is 8. The highest BCUT2D eigenvalue weighted by atomic mass is 32.1. The summed E-state index contributed by atoms with van der Waals surface area (Å²) in [4.78, 5) is 2.38. The predicted molar refractivity (Wildman–Crippen MR) is 210 cm³/mol. The van der Waals surface area contributed by atoms with E-state index in [1.165, 1.54) is 53.2 Å². The van der Waals surface area contributed by atoms with Crippen LogP contribution in [0.1, 0.15) is 0 Å². The maximum absolute atomic E-state index is 6.21. The van der Waals surface area contributed by atoms with E-state index in [-0.39, 0.29) is 0 Å². The number of para-hydroxylation sites is 1. The third kappa shape index (κ3) is 4.70. The first-order chi connectivity index (χ1) is 24.3. The van der Waals surface area contributed by atoms with Gasteiger partial charge in [0.1, 0.15) is 11.2 Å². The molecule has 230 valence electrons. The molecule has 3 heteroatoms. The zero-order chi connectivity index (χ0) is 32.3. The highest BCUT2D eigenvalue weighted by Gasteiger charge is 2.17. The molecule has 0 unspecified atom stereocenters. The number of nitrogens with zero attached hydrogens (tertiary/aromatic N) is 1. The van der Waals surface area contributed by atoms with Crippen LogP contribution in [0.3, 0.4) is 0 Å². The van der Waals surface area contributed by atoms with Gasteiger partial charge in [0.25, 0.3) is 0 Å².